The zero-order valence-corrected chi connectivity index (χ0v) is 12.9. The molecule has 4 aliphatic rings. The van der Waals surface area contributed by atoms with Crippen LogP contribution in [-0.4, -0.2) is 16.2 Å². The molecule has 4 bridgehead atoms. The molecule has 4 aliphatic carbocycles. The van der Waals surface area contributed by atoms with Gasteiger partial charge in [0, 0.05) is 0 Å². The molecule has 0 heterocycles. The normalized spacial score (nSPS) is 39.1. The molecule has 4 fully saturated rings. The first-order chi connectivity index (χ1) is 10.5. The minimum absolute atomic E-state index is 0.0593. The highest BCUT2D eigenvalue weighted by atomic mass is 16.4. The van der Waals surface area contributed by atoms with E-state index in [2.05, 4.69) is 0 Å². The molecule has 3 heteroatoms. The molecule has 0 amide bonds. The number of carbonyl (C=O) groups is 1. The molecule has 0 aliphatic heterocycles. The van der Waals surface area contributed by atoms with Gasteiger partial charge in [-0.05, 0) is 85.3 Å². The van der Waals surface area contributed by atoms with Gasteiger partial charge in [-0.3, -0.25) is 4.79 Å². The third-order valence-electron chi connectivity index (χ3n) is 6.71. The molecule has 2 N–H and O–H groups in total. The molecule has 0 aromatic heterocycles. The highest BCUT2D eigenvalue weighted by Gasteiger charge is 2.57. The van der Waals surface area contributed by atoms with Crippen LogP contribution in [0.5, 0.6) is 5.75 Å². The van der Waals surface area contributed by atoms with Crippen LogP contribution in [0.4, 0.5) is 0 Å². The third kappa shape index (κ3) is 2.22. The van der Waals surface area contributed by atoms with Gasteiger partial charge in [-0.15, -0.1) is 0 Å². The number of carboxylic acid groups (broad SMARTS) is 1. The topological polar surface area (TPSA) is 57.5 Å². The first-order valence-corrected chi connectivity index (χ1v) is 8.55. The molecular formula is C19H24O3. The maximum absolute atomic E-state index is 11.6. The summed E-state index contributed by atoms with van der Waals surface area (Å²) in [6.45, 7) is 0. The summed E-state index contributed by atoms with van der Waals surface area (Å²) in [6.07, 6.45) is 7.49. The molecular weight excluding hydrogens is 276 g/mol. The number of phenolic OH excluding ortho intramolecular Hbond substituents is 1. The molecule has 0 unspecified atom stereocenters. The molecule has 22 heavy (non-hydrogen) atoms. The van der Waals surface area contributed by atoms with Crippen LogP contribution >= 0.6 is 0 Å². The van der Waals surface area contributed by atoms with Crippen molar-refractivity contribution in [3.05, 3.63) is 29.8 Å². The minimum Gasteiger partial charge on any atom is -0.508 e. The monoisotopic (exact) mass is 300 g/mol. The Kier molecular flexibility index (Phi) is 3.21. The number of aliphatic carboxylic acids is 1. The van der Waals surface area contributed by atoms with E-state index >= 15 is 0 Å². The van der Waals surface area contributed by atoms with E-state index in [4.69, 9.17) is 0 Å². The third-order valence-corrected chi connectivity index (χ3v) is 6.71. The summed E-state index contributed by atoms with van der Waals surface area (Å²) in [7, 11) is 0. The summed E-state index contributed by atoms with van der Waals surface area (Å²) in [5.74, 6) is 2.49. The van der Waals surface area contributed by atoms with Gasteiger partial charge in [-0.25, -0.2) is 0 Å². The Labute approximate surface area is 131 Å². The van der Waals surface area contributed by atoms with Crippen molar-refractivity contribution < 1.29 is 15.0 Å². The molecule has 0 atom stereocenters. The lowest BCUT2D eigenvalue weighted by molar-refractivity contribution is -0.154. The van der Waals surface area contributed by atoms with E-state index in [0.29, 0.717) is 18.3 Å². The van der Waals surface area contributed by atoms with Gasteiger partial charge in [0.25, 0.3) is 0 Å². The summed E-state index contributed by atoms with van der Waals surface area (Å²) in [5.41, 5.74) is 1.11. The van der Waals surface area contributed by atoms with Crippen LogP contribution in [-0.2, 0) is 11.2 Å². The second kappa shape index (κ2) is 5.00. The maximum atomic E-state index is 11.6. The number of hydrogen-bond donors (Lipinski definition) is 2. The average Bonchev–Trinajstić information content (AvgIpc) is 2.46. The lowest BCUT2D eigenvalue weighted by Gasteiger charge is -2.61. The number of hydrogen-bond acceptors (Lipinski definition) is 2. The predicted molar refractivity (Wildman–Crippen MR) is 83.5 cm³/mol. The van der Waals surface area contributed by atoms with Crippen molar-refractivity contribution >= 4 is 5.97 Å². The van der Waals surface area contributed by atoms with Crippen molar-refractivity contribution in [2.75, 3.05) is 0 Å². The van der Waals surface area contributed by atoms with E-state index in [-0.39, 0.29) is 11.2 Å². The van der Waals surface area contributed by atoms with Crippen LogP contribution in [0, 0.1) is 29.1 Å². The van der Waals surface area contributed by atoms with Gasteiger partial charge in [-0.1, -0.05) is 12.1 Å². The number of benzene rings is 1. The quantitative estimate of drug-likeness (QED) is 0.888. The van der Waals surface area contributed by atoms with Gasteiger partial charge in [0.1, 0.15) is 5.75 Å². The second-order valence-electron chi connectivity index (χ2n) is 7.95. The Bertz CT molecular complexity index is 547. The predicted octanol–water partition coefficient (Wildman–Crippen LogP) is 3.85. The fourth-order valence-electron chi connectivity index (χ4n) is 6.04. The summed E-state index contributed by atoms with van der Waals surface area (Å²) >= 11 is 0. The maximum Gasteiger partial charge on any atom is 0.303 e. The second-order valence-corrected chi connectivity index (χ2v) is 7.95. The molecule has 0 spiro atoms. The molecule has 4 saturated carbocycles. The van der Waals surface area contributed by atoms with Crippen molar-refractivity contribution in [1.82, 2.24) is 0 Å². The van der Waals surface area contributed by atoms with Gasteiger partial charge >= 0.3 is 5.97 Å². The van der Waals surface area contributed by atoms with Gasteiger partial charge in [-0.2, -0.15) is 0 Å². The van der Waals surface area contributed by atoms with Crippen LogP contribution < -0.4 is 0 Å². The van der Waals surface area contributed by atoms with Crippen molar-refractivity contribution in [3.63, 3.8) is 0 Å². The summed E-state index contributed by atoms with van der Waals surface area (Å²) in [6, 6.07) is 7.37. The summed E-state index contributed by atoms with van der Waals surface area (Å²) < 4.78 is 0. The van der Waals surface area contributed by atoms with Crippen molar-refractivity contribution in [1.29, 1.82) is 0 Å². The van der Waals surface area contributed by atoms with E-state index in [9.17, 15) is 15.0 Å². The van der Waals surface area contributed by atoms with Gasteiger partial charge in [0.2, 0.25) is 0 Å². The minimum atomic E-state index is -0.647. The molecule has 5 rings (SSSR count). The summed E-state index contributed by atoms with van der Waals surface area (Å²) in [5, 5.41) is 19.0. The zero-order chi connectivity index (χ0) is 15.3. The number of rotatable bonds is 4. The van der Waals surface area contributed by atoms with E-state index in [1.54, 1.807) is 12.1 Å². The lowest BCUT2D eigenvalue weighted by atomic mass is 9.43. The lowest BCUT2D eigenvalue weighted by Crippen LogP contribution is -2.54. The highest BCUT2D eigenvalue weighted by molar-refractivity contribution is 5.68. The van der Waals surface area contributed by atoms with Gasteiger partial charge in [0.15, 0.2) is 0 Å². The van der Waals surface area contributed by atoms with Gasteiger partial charge in [0.05, 0.1) is 6.42 Å². The van der Waals surface area contributed by atoms with Crippen molar-refractivity contribution in [2.24, 2.45) is 29.1 Å². The Balaban J connectivity index is 1.68. The molecule has 0 radical (unpaired) electrons. The van der Waals surface area contributed by atoms with Crippen molar-refractivity contribution in [3.8, 4) is 5.75 Å². The van der Waals surface area contributed by atoms with Crippen LogP contribution in [0.3, 0.4) is 0 Å². The zero-order valence-electron chi connectivity index (χ0n) is 12.9. The number of phenols is 1. The van der Waals surface area contributed by atoms with Gasteiger partial charge < -0.3 is 10.2 Å². The van der Waals surface area contributed by atoms with E-state index < -0.39 is 5.97 Å². The smallest absolute Gasteiger partial charge is 0.303 e. The molecule has 118 valence electrons. The fraction of sp³-hybridized carbons (Fsp3) is 0.632. The van der Waals surface area contributed by atoms with Crippen LogP contribution in [0.25, 0.3) is 0 Å². The van der Waals surface area contributed by atoms with Crippen LogP contribution in [0.2, 0.25) is 0 Å². The molecule has 1 aromatic rings. The average molecular weight is 300 g/mol. The van der Waals surface area contributed by atoms with E-state index in [1.165, 1.54) is 37.7 Å². The molecule has 3 nitrogen and oxygen atoms in total. The van der Waals surface area contributed by atoms with E-state index in [0.717, 1.165) is 18.3 Å². The number of carboxylic acids is 1. The Morgan fingerprint density at radius 3 is 2.05 bits per heavy atom. The van der Waals surface area contributed by atoms with Crippen LogP contribution in [0.15, 0.2) is 24.3 Å². The fourth-order valence-corrected chi connectivity index (χ4v) is 6.04. The molecule has 1 aromatic carbocycles. The van der Waals surface area contributed by atoms with Crippen molar-refractivity contribution in [2.45, 2.75) is 44.9 Å². The first kappa shape index (κ1) is 14.1. The Hall–Kier alpha value is -1.51. The SMILES string of the molecule is O=C(O)CC1(Cc2ccc(O)cc2)C2CC3CC(C2)CC1C3. The van der Waals surface area contributed by atoms with Crippen LogP contribution in [0.1, 0.15) is 44.1 Å². The Morgan fingerprint density at radius 1 is 1.00 bits per heavy atom. The first-order valence-electron chi connectivity index (χ1n) is 8.55. The van der Waals surface area contributed by atoms with E-state index in [1.807, 2.05) is 12.1 Å². The standard InChI is InChI=1S/C19H24O3/c20-17-3-1-12(2-4-17)10-19(11-18(21)22)15-6-13-5-14(8-15)9-16(19)7-13/h1-4,13-16,20H,5-11H2,(H,21,22). The number of aromatic hydroxyl groups is 1. The Morgan fingerprint density at radius 2 is 1.55 bits per heavy atom. The largest absolute Gasteiger partial charge is 0.508 e. The molecule has 0 saturated heterocycles. The highest BCUT2D eigenvalue weighted by Crippen LogP contribution is 2.64. The summed E-state index contributed by atoms with van der Waals surface area (Å²) in [4.78, 5) is 11.6.